The number of benzene rings is 3. The van der Waals surface area contributed by atoms with Gasteiger partial charge in [0.05, 0.1) is 12.0 Å². The molecule has 1 saturated carbocycles. The lowest BCUT2D eigenvalue weighted by Crippen LogP contribution is -2.57. The van der Waals surface area contributed by atoms with Crippen molar-refractivity contribution in [3.8, 4) is 5.75 Å². The molecule has 1 fully saturated rings. The molecule has 4 amide bonds. The van der Waals surface area contributed by atoms with Crippen LogP contribution in [0.3, 0.4) is 0 Å². The van der Waals surface area contributed by atoms with Gasteiger partial charge in [0.15, 0.2) is 0 Å². The summed E-state index contributed by atoms with van der Waals surface area (Å²) in [6.07, 6.45) is 5.21. The monoisotopic (exact) mass is 638 g/mol. The molecule has 0 unspecified atom stereocenters. The van der Waals surface area contributed by atoms with Gasteiger partial charge in [-0.2, -0.15) is 0 Å². The SMILES string of the molecule is NC(=O)[C@H](Cc1c[nH]c2ccccc12)NC(=O)[C@H](Cc1ccccc1)NC(=O)[C@@H]1CCCC[C@@H]1NC(=O)[C@@H](N)Cc1ccc(O)cc1. The van der Waals surface area contributed by atoms with E-state index >= 15 is 0 Å². The van der Waals surface area contributed by atoms with Crippen molar-refractivity contribution in [2.45, 2.75) is 69.1 Å². The van der Waals surface area contributed by atoms with Gasteiger partial charge in [0.25, 0.3) is 0 Å². The molecule has 0 aliphatic heterocycles. The maximum Gasteiger partial charge on any atom is 0.243 e. The maximum absolute atomic E-state index is 13.8. The van der Waals surface area contributed by atoms with Gasteiger partial charge in [0.2, 0.25) is 23.6 Å². The molecule has 0 radical (unpaired) electrons. The molecule has 11 nitrogen and oxygen atoms in total. The van der Waals surface area contributed by atoms with Crippen LogP contribution in [-0.2, 0) is 38.4 Å². The van der Waals surface area contributed by atoms with Gasteiger partial charge < -0.3 is 37.5 Å². The number of phenols is 1. The summed E-state index contributed by atoms with van der Waals surface area (Å²) in [4.78, 5) is 56.4. The number of carbonyl (C=O) groups excluding carboxylic acids is 4. The average Bonchev–Trinajstić information content (AvgIpc) is 3.48. The molecule has 9 N–H and O–H groups in total. The minimum absolute atomic E-state index is 0.126. The van der Waals surface area contributed by atoms with Crippen LogP contribution in [0, 0.1) is 5.92 Å². The third kappa shape index (κ3) is 8.76. The highest BCUT2D eigenvalue weighted by molar-refractivity contribution is 5.93. The number of para-hydroxylation sites is 1. The Morgan fingerprint density at radius 1 is 0.787 bits per heavy atom. The number of aromatic nitrogens is 1. The molecule has 4 aromatic rings. The number of nitrogens with one attached hydrogen (secondary N) is 4. The predicted octanol–water partition coefficient (Wildman–Crippen LogP) is 2.36. The fraction of sp³-hybridized carbons (Fsp3) is 0.333. The number of H-pyrrole nitrogens is 1. The summed E-state index contributed by atoms with van der Waals surface area (Å²) >= 11 is 0. The molecule has 1 aliphatic rings. The number of hydrogen-bond donors (Lipinski definition) is 7. The quantitative estimate of drug-likeness (QED) is 0.118. The highest BCUT2D eigenvalue weighted by atomic mass is 16.3. The summed E-state index contributed by atoms with van der Waals surface area (Å²) in [7, 11) is 0. The van der Waals surface area contributed by atoms with Crippen LogP contribution in [-0.4, -0.2) is 57.9 Å². The number of amides is 4. The molecular formula is C36H42N6O5. The smallest absolute Gasteiger partial charge is 0.243 e. The molecule has 5 rings (SSSR count). The van der Waals surface area contributed by atoms with Crippen LogP contribution in [0.15, 0.2) is 85.1 Å². The van der Waals surface area contributed by atoms with Gasteiger partial charge >= 0.3 is 0 Å². The van der Waals surface area contributed by atoms with Crippen LogP contribution in [0.4, 0.5) is 0 Å². The summed E-state index contributed by atoms with van der Waals surface area (Å²) in [6.45, 7) is 0. The summed E-state index contributed by atoms with van der Waals surface area (Å²) in [5.41, 5.74) is 15.3. The number of aromatic hydroxyl groups is 1. The minimum Gasteiger partial charge on any atom is -0.508 e. The fourth-order valence-electron chi connectivity index (χ4n) is 6.24. The second-order valence-corrected chi connectivity index (χ2v) is 12.3. The molecule has 47 heavy (non-hydrogen) atoms. The standard InChI is InChI=1S/C36H42N6O5/c37-28(18-23-14-16-25(43)17-15-23)35(46)40-30-13-7-5-11-27(30)34(45)42-32(19-22-8-2-1-3-9-22)36(47)41-31(33(38)44)20-24-21-39-29-12-6-4-10-26(24)29/h1-4,6,8-10,12,14-17,21,27-28,30-32,39,43H,5,7,11,13,18-20,37H2,(H2,38,44)(H,40,46)(H,41,47)(H,42,45)/t27-,28+,30+,31+,32+/m1/s1. The highest BCUT2D eigenvalue weighted by Gasteiger charge is 2.35. The van der Waals surface area contributed by atoms with E-state index in [1.165, 1.54) is 12.1 Å². The molecule has 1 aliphatic carbocycles. The summed E-state index contributed by atoms with van der Waals surface area (Å²) in [6, 6.07) is 20.1. The third-order valence-corrected chi connectivity index (χ3v) is 8.83. The lowest BCUT2D eigenvalue weighted by molar-refractivity contribution is -0.134. The van der Waals surface area contributed by atoms with Gasteiger partial charge in [-0.05, 0) is 54.2 Å². The van der Waals surface area contributed by atoms with Crippen molar-refractivity contribution in [2.75, 3.05) is 0 Å². The normalized spacial score (nSPS) is 18.1. The van der Waals surface area contributed by atoms with E-state index in [0.29, 0.717) is 12.8 Å². The number of aromatic amines is 1. The molecular weight excluding hydrogens is 596 g/mol. The van der Waals surface area contributed by atoms with Crippen molar-refractivity contribution in [3.05, 3.63) is 102 Å². The number of phenolic OH excluding ortho intramolecular Hbond substituents is 1. The van der Waals surface area contributed by atoms with Crippen molar-refractivity contribution < 1.29 is 24.3 Å². The van der Waals surface area contributed by atoms with Crippen LogP contribution in [0.5, 0.6) is 5.75 Å². The van der Waals surface area contributed by atoms with Gasteiger partial charge in [-0.1, -0.05) is 73.5 Å². The van der Waals surface area contributed by atoms with Gasteiger partial charge in [-0.15, -0.1) is 0 Å². The van der Waals surface area contributed by atoms with Crippen molar-refractivity contribution in [3.63, 3.8) is 0 Å². The Morgan fingerprint density at radius 3 is 2.21 bits per heavy atom. The van der Waals surface area contributed by atoms with Crippen molar-refractivity contribution in [1.29, 1.82) is 0 Å². The molecule has 3 aromatic carbocycles. The van der Waals surface area contributed by atoms with Crippen LogP contribution >= 0.6 is 0 Å². The van der Waals surface area contributed by atoms with E-state index in [-0.39, 0.29) is 36.8 Å². The molecule has 1 heterocycles. The van der Waals surface area contributed by atoms with Crippen molar-refractivity contribution in [1.82, 2.24) is 20.9 Å². The van der Waals surface area contributed by atoms with Crippen molar-refractivity contribution in [2.24, 2.45) is 17.4 Å². The van der Waals surface area contributed by atoms with Crippen LogP contribution in [0.2, 0.25) is 0 Å². The first kappa shape index (κ1) is 33.2. The molecule has 1 aromatic heterocycles. The van der Waals surface area contributed by atoms with E-state index in [4.69, 9.17) is 11.5 Å². The Bertz CT molecular complexity index is 1690. The number of fused-ring (bicyclic) bond motifs is 1. The number of carbonyl (C=O) groups is 4. The van der Waals surface area contributed by atoms with Crippen LogP contribution in [0.25, 0.3) is 10.9 Å². The summed E-state index contributed by atoms with van der Waals surface area (Å²) in [5.74, 6) is -2.39. The Hall–Kier alpha value is -5.16. The topological polar surface area (TPSA) is 192 Å². The van der Waals surface area contributed by atoms with E-state index < -0.39 is 41.9 Å². The molecule has 5 atom stereocenters. The number of hydrogen-bond acceptors (Lipinski definition) is 6. The van der Waals surface area contributed by atoms with E-state index in [9.17, 15) is 24.3 Å². The number of nitrogens with two attached hydrogens (primary N) is 2. The van der Waals surface area contributed by atoms with E-state index in [2.05, 4.69) is 20.9 Å². The number of rotatable bonds is 13. The van der Waals surface area contributed by atoms with Gasteiger partial charge in [0, 0.05) is 36.0 Å². The first-order chi connectivity index (χ1) is 22.7. The molecule has 0 spiro atoms. The zero-order valence-corrected chi connectivity index (χ0v) is 26.2. The highest BCUT2D eigenvalue weighted by Crippen LogP contribution is 2.26. The van der Waals surface area contributed by atoms with Gasteiger partial charge in [-0.25, -0.2) is 0 Å². The van der Waals surface area contributed by atoms with E-state index in [1.807, 2.05) is 54.6 Å². The van der Waals surface area contributed by atoms with Gasteiger partial charge in [-0.3, -0.25) is 19.2 Å². The van der Waals surface area contributed by atoms with Gasteiger partial charge in [0.1, 0.15) is 17.8 Å². The third-order valence-electron chi connectivity index (χ3n) is 8.83. The second kappa shape index (κ2) is 15.4. The maximum atomic E-state index is 13.8. The lowest BCUT2D eigenvalue weighted by Gasteiger charge is -2.33. The first-order valence-corrected chi connectivity index (χ1v) is 16.0. The van der Waals surface area contributed by atoms with Crippen LogP contribution < -0.4 is 27.4 Å². The Kier molecular flexibility index (Phi) is 10.9. The minimum atomic E-state index is -1.01. The Balaban J connectivity index is 1.28. The molecule has 246 valence electrons. The van der Waals surface area contributed by atoms with Crippen LogP contribution in [0.1, 0.15) is 42.4 Å². The molecule has 11 heteroatoms. The first-order valence-electron chi connectivity index (χ1n) is 16.0. The number of primary amides is 1. The lowest BCUT2D eigenvalue weighted by atomic mass is 9.83. The Labute approximate surface area is 273 Å². The molecule has 0 bridgehead atoms. The average molecular weight is 639 g/mol. The zero-order valence-electron chi connectivity index (χ0n) is 26.2. The zero-order chi connectivity index (χ0) is 33.3. The second-order valence-electron chi connectivity index (χ2n) is 12.3. The molecule has 0 saturated heterocycles. The predicted molar refractivity (Wildman–Crippen MR) is 179 cm³/mol. The largest absolute Gasteiger partial charge is 0.508 e. The Morgan fingerprint density at radius 2 is 1.47 bits per heavy atom. The van der Waals surface area contributed by atoms with Crippen molar-refractivity contribution >= 4 is 34.5 Å². The van der Waals surface area contributed by atoms with E-state index in [0.717, 1.165) is 40.4 Å². The fourth-order valence-corrected chi connectivity index (χ4v) is 6.24. The van der Waals surface area contributed by atoms with E-state index in [1.54, 1.807) is 18.3 Å². The summed E-state index contributed by atoms with van der Waals surface area (Å²) in [5, 5.41) is 19.2. The summed E-state index contributed by atoms with van der Waals surface area (Å²) < 4.78 is 0.